The first kappa shape index (κ1) is 10.2. The van der Waals surface area contributed by atoms with Crippen molar-refractivity contribution in [3.05, 3.63) is 23.2 Å². The fourth-order valence-electron chi connectivity index (χ4n) is 1.81. The standard InChI is InChI=1S/C11H14ClNS/c12-8-5-6-11(10(13)7-8)14-9-3-1-2-4-9/h5-7,9H,1-4,13H2. The number of hydrogen-bond donors (Lipinski definition) is 1. The molecule has 1 fully saturated rings. The highest BCUT2D eigenvalue weighted by atomic mass is 35.5. The molecular formula is C11H14ClNS. The van der Waals surface area contributed by atoms with Crippen molar-refractivity contribution in [2.45, 2.75) is 35.8 Å². The van der Waals surface area contributed by atoms with Crippen LogP contribution in [-0.2, 0) is 0 Å². The summed E-state index contributed by atoms with van der Waals surface area (Å²) in [5.41, 5.74) is 6.71. The van der Waals surface area contributed by atoms with Gasteiger partial charge < -0.3 is 5.73 Å². The largest absolute Gasteiger partial charge is 0.398 e. The van der Waals surface area contributed by atoms with Crippen LogP contribution in [0.3, 0.4) is 0 Å². The van der Waals surface area contributed by atoms with Gasteiger partial charge in [0.1, 0.15) is 0 Å². The summed E-state index contributed by atoms with van der Waals surface area (Å²) in [4.78, 5) is 1.18. The smallest absolute Gasteiger partial charge is 0.0467 e. The van der Waals surface area contributed by atoms with Crippen molar-refractivity contribution in [3.63, 3.8) is 0 Å². The molecule has 0 saturated heterocycles. The Morgan fingerprint density at radius 1 is 1.29 bits per heavy atom. The molecule has 76 valence electrons. The van der Waals surface area contributed by atoms with E-state index < -0.39 is 0 Å². The van der Waals surface area contributed by atoms with E-state index in [1.165, 1.54) is 30.6 Å². The quantitative estimate of drug-likeness (QED) is 0.775. The van der Waals surface area contributed by atoms with E-state index in [2.05, 4.69) is 0 Å². The summed E-state index contributed by atoms with van der Waals surface area (Å²) < 4.78 is 0. The van der Waals surface area contributed by atoms with Gasteiger partial charge in [-0.25, -0.2) is 0 Å². The minimum atomic E-state index is 0.721. The van der Waals surface area contributed by atoms with Crippen LogP contribution in [0.15, 0.2) is 23.1 Å². The van der Waals surface area contributed by atoms with Gasteiger partial charge in [-0.1, -0.05) is 24.4 Å². The van der Waals surface area contributed by atoms with Crippen LogP contribution in [0, 0.1) is 0 Å². The maximum Gasteiger partial charge on any atom is 0.0467 e. The molecule has 2 rings (SSSR count). The number of rotatable bonds is 2. The summed E-state index contributed by atoms with van der Waals surface area (Å²) >= 11 is 7.75. The molecule has 0 unspecified atom stereocenters. The first-order valence-corrected chi connectivity index (χ1v) is 6.23. The molecule has 1 aromatic carbocycles. The molecule has 14 heavy (non-hydrogen) atoms. The first-order chi connectivity index (χ1) is 6.75. The van der Waals surface area contributed by atoms with Crippen LogP contribution >= 0.6 is 23.4 Å². The number of halogens is 1. The zero-order valence-electron chi connectivity index (χ0n) is 8.00. The van der Waals surface area contributed by atoms with Gasteiger partial charge in [0.25, 0.3) is 0 Å². The van der Waals surface area contributed by atoms with E-state index in [4.69, 9.17) is 17.3 Å². The number of benzene rings is 1. The van der Waals surface area contributed by atoms with Gasteiger partial charge in [0.05, 0.1) is 0 Å². The lowest BCUT2D eigenvalue weighted by Crippen LogP contribution is -1.96. The Kier molecular flexibility index (Phi) is 3.24. The Labute approximate surface area is 94.0 Å². The summed E-state index contributed by atoms with van der Waals surface area (Å²) in [5, 5.41) is 1.48. The number of nitrogen functional groups attached to an aromatic ring is 1. The summed E-state index contributed by atoms with van der Waals surface area (Å²) in [7, 11) is 0. The topological polar surface area (TPSA) is 26.0 Å². The van der Waals surface area contributed by atoms with Crippen LogP contribution in [-0.4, -0.2) is 5.25 Å². The average Bonchev–Trinajstić information content (AvgIpc) is 2.62. The molecule has 0 heterocycles. The van der Waals surface area contributed by atoms with E-state index in [9.17, 15) is 0 Å². The van der Waals surface area contributed by atoms with E-state index in [0.29, 0.717) is 0 Å². The first-order valence-electron chi connectivity index (χ1n) is 4.97. The van der Waals surface area contributed by atoms with Gasteiger partial charge in [-0.15, -0.1) is 11.8 Å². The summed E-state index contributed by atoms with van der Waals surface area (Å²) in [6, 6.07) is 5.77. The van der Waals surface area contributed by atoms with Crippen molar-refractivity contribution in [3.8, 4) is 0 Å². The Morgan fingerprint density at radius 3 is 2.64 bits per heavy atom. The van der Waals surface area contributed by atoms with Crippen molar-refractivity contribution in [2.75, 3.05) is 5.73 Å². The number of anilines is 1. The van der Waals surface area contributed by atoms with Gasteiger partial charge in [-0.3, -0.25) is 0 Å². The molecule has 2 N–H and O–H groups in total. The zero-order chi connectivity index (χ0) is 9.97. The van der Waals surface area contributed by atoms with Crippen molar-refractivity contribution in [1.29, 1.82) is 0 Å². The highest BCUT2D eigenvalue weighted by Gasteiger charge is 2.16. The number of hydrogen-bond acceptors (Lipinski definition) is 2. The SMILES string of the molecule is Nc1cc(Cl)ccc1SC1CCCC1. The highest BCUT2D eigenvalue weighted by Crippen LogP contribution is 2.37. The minimum Gasteiger partial charge on any atom is -0.398 e. The van der Waals surface area contributed by atoms with Gasteiger partial charge in [0.15, 0.2) is 0 Å². The van der Waals surface area contributed by atoms with Crippen LogP contribution in [0.25, 0.3) is 0 Å². The third kappa shape index (κ3) is 2.37. The second kappa shape index (κ2) is 4.45. The molecule has 0 aliphatic heterocycles. The second-order valence-electron chi connectivity index (χ2n) is 3.71. The molecule has 0 aromatic heterocycles. The average molecular weight is 228 g/mol. The molecule has 1 nitrogen and oxygen atoms in total. The van der Waals surface area contributed by atoms with E-state index in [1.807, 2.05) is 30.0 Å². The molecule has 0 atom stereocenters. The van der Waals surface area contributed by atoms with Crippen molar-refractivity contribution >= 4 is 29.1 Å². The fraction of sp³-hybridized carbons (Fsp3) is 0.455. The zero-order valence-corrected chi connectivity index (χ0v) is 9.57. The molecule has 1 saturated carbocycles. The van der Waals surface area contributed by atoms with Gasteiger partial charge in [-0.05, 0) is 31.0 Å². The fourth-order valence-corrected chi connectivity index (χ4v) is 3.26. The Balaban J connectivity index is 2.08. The minimum absolute atomic E-state index is 0.721. The predicted molar refractivity (Wildman–Crippen MR) is 64.0 cm³/mol. The predicted octanol–water partition coefficient (Wildman–Crippen LogP) is 3.96. The maximum absolute atomic E-state index is 5.89. The maximum atomic E-state index is 5.89. The Hall–Kier alpha value is -0.340. The van der Waals surface area contributed by atoms with E-state index in [-0.39, 0.29) is 0 Å². The van der Waals surface area contributed by atoms with E-state index in [1.54, 1.807) is 0 Å². The van der Waals surface area contributed by atoms with Crippen molar-refractivity contribution in [1.82, 2.24) is 0 Å². The second-order valence-corrected chi connectivity index (χ2v) is 5.49. The van der Waals surface area contributed by atoms with Crippen LogP contribution in [0.2, 0.25) is 5.02 Å². The third-order valence-electron chi connectivity index (χ3n) is 2.57. The molecule has 1 aliphatic rings. The Morgan fingerprint density at radius 2 is 2.00 bits per heavy atom. The summed E-state index contributed by atoms with van der Waals surface area (Å²) in [6.45, 7) is 0. The molecule has 1 aromatic rings. The third-order valence-corrected chi connectivity index (χ3v) is 4.23. The van der Waals surface area contributed by atoms with Gasteiger partial charge >= 0.3 is 0 Å². The van der Waals surface area contributed by atoms with Gasteiger partial charge in [0, 0.05) is 20.9 Å². The van der Waals surface area contributed by atoms with Crippen LogP contribution < -0.4 is 5.73 Å². The number of nitrogens with two attached hydrogens (primary N) is 1. The van der Waals surface area contributed by atoms with Gasteiger partial charge in [0.2, 0.25) is 0 Å². The molecule has 0 spiro atoms. The van der Waals surface area contributed by atoms with Crippen molar-refractivity contribution < 1.29 is 0 Å². The lowest BCUT2D eigenvalue weighted by atomic mass is 10.3. The monoisotopic (exact) mass is 227 g/mol. The lowest BCUT2D eigenvalue weighted by molar-refractivity contribution is 0.886. The summed E-state index contributed by atoms with van der Waals surface area (Å²) in [5.74, 6) is 0. The van der Waals surface area contributed by atoms with Crippen molar-refractivity contribution in [2.24, 2.45) is 0 Å². The molecule has 1 aliphatic carbocycles. The molecule has 3 heteroatoms. The molecule has 0 amide bonds. The molecule has 0 radical (unpaired) electrons. The molecular weight excluding hydrogens is 214 g/mol. The van der Waals surface area contributed by atoms with Crippen LogP contribution in [0.4, 0.5) is 5.69 Å². The van der Waals surface area contributed by atoms with E-state index >= 15 is 0 Å². The van der Waals surface area contributed by atoms with Crippen LogP contribution in [0.5, 0.6) is 0 Å². The highest BCUT2D eigenvalue weighted by molar-refractivity contribution is 8.00. The Bertz CT molecular complexity index is 321. The summed E-state index contributed by atoms with van der Waals surface area (Å²) in [6.07, 6.45) is 5.38. The number of thioether (sulfide) groups is 1. The lowest BCUT2D eigenvalue weighted by Gasteiger charge is -2.10. The molecule has 0 bridgehead atoms. The van der Waals surface area contributed by atoms with Gasteiger partial charge in [-0.2, -0.15) is 0 Å². The van der Waals surface area contributed by atoms with Crippen LogP contribution in [0.1, 0.15) is 25.7 Å². The normalized spacial score (nSPS) is 17.5. The van der Waals surface area contributed by atoms with E-state index in [0.717, 1.165) is 16.0 Å².